The zero-order valence-electron chi connectivity index (χ0n) is 9.78. The smallest absolute Gasteiger partial charge is 0.253 e. The number of carbonyl (C=O) groups is 1. The zero-order chi connectivity index (χ0) is 12.5. The molecule has 16 heavy (non-hydrogen) atoms. The lowest BCUT2D eigenvalue weighted by Gasteiger charge is -2.12. The maximum absolute atomic E-state index is 11.7. The quantitative estimate of drug-likeness (QED) is 0.744. The summed E-state index contributed by atoms with van der Waals surface area (Å²) in [6, 6.07) is 1.79. The molecule has 1 heterocycles. The van der Waals surface area contributed by atoms with Crippen molar-refractivity contribution in [2.45, 2.75) is 27.7 Å². The largest absolute Gasteiger partial charge is 0.427 e. The van der Waals surface area contributed by atoms with E-state index in [1.54, 1.807) is 26.8 Å². The molecule has 88 valence electrons. The number of halogens is 1. The third-order valence-electron chi connectivity index (χ3n) is 1.96. The molecule has 0 saturated carbocycles. The molecule has 1 rings (SSSR count). The normalized spacial score (nSPS) is 12.9. The fraction of sp³-hybridized carbons (Fsp3) is 0.455. The van der Waals surface area contributed by atoms with Crippen LogP contribution in [0.5, 0.6) is 0 Å². The van der Waals surface area contributed by atoms with Crippen molar-refractivity contribution in [2.24, 2.45) is 10.4 Å². The third-order valence-corrected chi connectivity index (χ3v) is 2.54. The van der Waals surface area contributed by atoms with Gasteiger partial charge in [0.2, 0.25) is 0 Å². The second-order valence-corrected chi connectivity index (χ2v) is 5.55. The lowest BCUT2D eigenvalue weighted by molar-refractivity contribution is -0.125. The SMILES string of the molecule is Cc1cc(Br)c(=NC(=O)C(C)(C)C)n(O)c1. The molecule has 0 spiro atoms. The van der Waals surface area contributed by atoms with Crippen molar-refractivity contribution in [3.63, 3.8) is 0 Å². The molecule has 4 nitrogen and oxygen atoms in total. The predicted molar refractivity (Wildman–Crippen MR) is 64.1 cm³/mol. The highest BCUT2D eigenvalue weighted by Crippen LogP contribution is 2.15. The highest BCUT2D eigenvalue weighted by molar-refractivity contribution is 9.10. The van der Waals surface area contributed by atoms with Gasteiger partial charge in [0.15, 0.2) is 5.49 Å². The minimum absolute atomic E-state index is 0.213. The topological polar surface area (TPSA) is 54.6 Å². The second kappa shape index (κ2) is 4.41. The van der Waals surface area contributed by atoms with Gasteiger partial charge < -0.3 is 5.21 Å². The Hall–Kier alpha value is -1.10. The molecule has 0 atom stereocenters. The minimum Gasteiger partial charge on any atom is -0.427 e. The van der Waals surface area contributed by atoms with Gasteiger partial charge in [-0.2, -0.15) is 9.72 Å². The lowest BCUT2D eigenvalue weighted by atomic mass is 9.96. The Balaban J connectivity index is 3.35. The van der Waals surface area contributed by atoms with Crippen molar-refractivity contribution in [3.8, 4) is 0 Å². The second-order valence-electron chi connectivity index (χ2n) is 4.70. The van der Waals surface area contributed by atoms with E-state index in [1.807, 2.05) is 6.92 Å². The lowest BCUT2D eigenvalue weighted by Crippen LogP contribution is -2.26. The van der Waals surface area contributed by atoms with Gasteiger partial charge in [-0.25, -0.2) is 0 Å². The molecule has 0 aliphatic heterocycles. The average molecular weight is 287 g/mol. The highest BCUT2D eigenvalue weighted by atomic mass is 79.9. The van der Waals surface area contributed by atoms with Crippen LogP contribution in [-0.2, 0) is 4.79 Å². The summed E-state index contributed by atoms with van der Waals surface area (Å²) in [6.07, 6.45) is 1.50. The van der Waals surface area contributed by atoms with Gasteiger partial charge in [-0.05, 0) is 34.5 Å². The molecule has 0 fully saturated rings. The summed E-state index contributed by atoms with van der Waals surface area (Å²) in [5.41, 5.74) is 0.527. The van der Waals surface area contributed by atoms with E-state index in [9.17, 15) is 10.0 Å². The number of rotatable bonds is 0. The van der Waals surface area contributed by atoms with Crippen LogP contribution in [0.4, 0.5) is 0 Å². The van der Waals surface area contributed by atoms with E-state index in [4.69, 9.17) is 0 Å². The Morgan fingerprint density at radius 1 is 1.50 bits per heavy atom. The molecule has 1 aromatic rings. The van der Waals surface area contributed by atoms with Crippen LogP contribution < -0.4 is 5.49 Å². The monoisotopic (exact) mass is 286 g/mol. The van der Waals surface area contributed by atoms with Crippen LogP contribution in [-0.4, -0.2) is 15.8 Å². The van der Waals surface area contributed by atoms with E-state index in [2.05, 4.69) is 20.9 Å². The van der Waals surface area contributed by atoms with Crippen molar-refractivity contribution in [3.05, 3.63) is 27.8 Å². The minimum atomic E-state index is -0.558. The molecule has 0 aliphatic rings. The maximum Gasteiger partial charge on any atom is 0.253 e. The van der Waals surface area contributed by atoms with E-state index >= 15 is 0 Å². The summed E-state index contributed by atoms with van der Waals surface area (Å²) in [7, 11) is 0. The summed E-state index contributed by atoms with van der Waals surface area (Å²) in [6.45, 7) is 7.18. The van der Waals surface area contributed by atoms with Gasteiger partial charge in [-0.3, -0.25) is 4.79 Å². The molecule has 0 saturated heterocycles. The van der Waals surface area contributed by atoms with E-state index in [0.29, 0.717) is 4.47 Å². The van der Waals surface area contributed by atoms with E-state index < -0.39 is 5.41 Å². The standard InChI is InChI=1S/C11H15BrN2O2/c1-7-5-8(12)9(14(16)6-7)13-10(15)11(2,3)4/h5-6,16H,1-4H3. The number of pyridine rings is 1. The number of aromatic nitrogens is 1. The highest BCUT2D eigenvalue weighted by Gasteiger charge is 2.20. The zero-order valence-corrected chi connectivity index (χ0v) is 11.4. The number of carbonyl (C=O) groups excluding carboxylic acids is 1. The summed E-state index contributed by atoms with van der Waals surface area (Å²) in [5.74, 6) is -0.278. The van der Waals surface area contributed by atoms with Crippen LogP contribution in [0.2, 0.25) is 0 Å². The molecule has 0 bridgehead atoms. The Kier molecular flexibility index (Phi) is 3.57. The number of amides is 1. The van der Waals surface area contributed by atoms with E-state index in [-0.39, 0.29) is 11.4 Å². The van der Waals surface area contributed by atoms with Gasteiger partial charge >= 0.3 is 0 Å². The Labute approximate surface area is 103 Å². The van der Waals surface area contributed by atoms with Gasteiger partial charge in [0.25, 0.3) is 5.91 Å². The van der Waals surface area contributed by atoms with Gasteiger partial charge in [0, 0.05) is 11.6 Å². The molecule has 1 aromatic heterocycles. The summed E-state index contributed by atoms with van der Waals surface area (Å²) in [4.78, 5) is 15.6. The van der Waals surface area contributed by atoms with Crippen LogP contribution in [0.1, 0.15) is 26.3 Å². The molecule has 0 aliphatic carbocycles. The van der Waals surface area contributed by atoms with Gasteiger partial charge in [0.1, 0.15) is 0 Å². The predicted octanol–water partition coefficient (Wildman–Crippen LogP) is 2.27. The molecule has 0 unspecified atom stereocenters. The van der Waals surface area contributed by atoms with Crippen LogP contribution in [0, 0.1) is 12.3 Å². The Morgan fingerprint density at radius 2 is 2.06 bits per heavy atom. The van der Waals surface area contributed by atoms with Crippen molar-refractivity contribution in [1.29, 1.82) is 0 Å². The summed E-state index contributed by atoms with van der Waals surface area (Å²) in [5, 5.41) is 9.63. The first-order chi connectivity index (χ1) is 7.21. The van der Waals surface area contributed by atoms with Crippen molar-refractivity contribution in [1.82, 2.24) is 4.73 Å². The number of hydrogen-bond acceptors (Lipinski definition) is 2. The van der Waals surface area contributed by atoms with Gasteiger partial charge in [0.05, 0.1) is 4.47 Å². The van der Waals surface area contributed by atoms with E-state index in [1.165, 1.54) is 6.20 Å². The summed E-state index contributed by atoms with van der Waals surface area (Å²) < 4.78 is 1.44. The number of nitrogens with zero attached hydrogens (tertiary/aromatic N) is 2. The number of aryl methyl sites for hydroxylation is 1. The fourth-order valence-corrected chi connectivity index (χ4v) is 1.67. The van der Waals surface area contributed by atoms with Crippen LogP contribution >= 0.6 is 15.9 Å². The molecular weight excluding hydrogens is 272 g/mol. The Morgan fingerprint density at radius 3 is 2.50 bits per heavy atom. The first-order valence-corrected chi connectivity index (χ1v) is 5.68. The van der Waals surface area contributed by atoms with Crippen LogP contribution in [0.25, 0.3) is 0 Å². The first kappa shape index (κ1) is 13.0. The number of hydrogen-bond donors (Lipinski definition) is 1. The summed E-state index contributed by atoms with van der Waals surface area (Å²) >= 11 is 3.27. The van der Waals surface area contributed by atoms with Gasteiger partial charge in [-0.15, -0.1) is 0 Å². The molecule has 0 radical (unpaired) electrons. The molecule has 1 amide bonds. The fourth-order valence-electron chi connectivity index (χ4n) is 1.03. The van der Waals surface area contributed by atoms with Crippen molar-refractivity contribution < 1.29 is 10.0 Å². The Bertz CT molecular complexity index is 457. The molecule has 5 heteroatoms. The third kappa shape index (κ3) is 2.95. The maximum atomic E-state index is 11.7. The average Bonchev–Trinajstić information content (AvgIpc) is 2.08. The van der Waals surface area contributed by atoms with Crippen LogP contribution in [0.3, 0.4) is 0 Å². The van der Waals surface area contributed by atoms with Gasteiger partial charge in [-0.1, -0.05) is 20.8 Å². The molecule has 0 aromatic carbocycles. The first-order valence-electron chi connectivity index (χ1n) is 4.89. The molecular formula is C11H15BrN2O2. The van der Waals surface area contributed by atoms with Crippen molar-refractivity contribution >= 4 is 21.8 Å². The van der Waals surface area contributed by atoms with Crippen LogP contribution in [0.15, 0.2) is 21.7 Å². The van der Waals surface area contributed by atoms with E-state index in [0.717, 1.165) is 10.3 Å². The molecule has 1 N–H and O–H groups in total. The van der Waals surface area contributed by atoms with Crippen molar-refractivity contribution in [2.75, 3.05) is 0 Å².